The lowest BCUT2D eigenvalue weighted by atomic mass is 10.1. The van der Waals surface area contributed by atoms with E-state index in [1.165, 1.54) is 18.2 Å². The van der Waals surface area contributed by atoms with E-state index in [1.54, 1.807) is 0 Å². The molecule has 0 aliphatic heterocycles. The second kappa shape index (κ2) is 7.38. The molecule has 0 aromatic heterocycles. The number of benzene rings is 1. The van der Waals surface area contributed by atoms with Gasteiger partial charge in [0.15, 0.2) is 0 Å². The van der Waals surface area contributed by atoms with Crippen molar-refractivity contribution in [3.8, 4) is 17.6 Å². The van der Waals surface area contributed by atoms with Crippen LogP contribution in [0.25, 0.3) is 0 Å². The fraction of sp³-hybridized carbons (Fsp3) is 0.182. The van der Waals surface area contributed by atoms with Gasteiger partial charge in [0.05, 0.1) is 18.4 Å². The molecule has 1 amide bonds. The van der Waals surface area contributed by atoms with Gasteiger partial charge in [-0.15, -0.1) is 0 Å². The number of primary amides is 1. The molecule has 0 saturated heterocycles. The van der Waals surface area contributed by atoms with Gasteiger partial charge in [0, 0.05) is 5.56 Å². The third-order valence-corrected chi connectivity index (χ3v) is 1.59. The zero-order valence-corrected chi connectivity index (χ0v) is 10.9. The van der Waals surface area contributed by atoms with Crippen LogP contribution in [0.4, 0.5) is 0 Å². The Morgan fingerprint density at radius 2 is 1.95 bits per heavy atom. The number of aromatic hydroxyl groups is 1. The number of hydrogen-bond acceptors (Lipinski definition) is 5. The fourth-order valence-corrected chi connectivity index (χ4v) is 0.991. The molecule has 0 aliphatic rings. The van der Waals surface area contributed by atoms with Crippen molar-refractivity contribution in [2.75, 3.05) is 12.8 Å². The van der Waals surface area contributed by atoms with Gasteiger partial charge in [-0.05, 0) is 18.2 Å². The molecule has 0 heterocycles. The first-order chi connectivity index (χ1) is 8.65. The number of nitrogens with two attached hydrogens (primary N) is 2. The third kappa shape index (κ3) is 8.62. The summed E-state index contributed by atoms with van der Waals surface area (Å²) >= 11 is 0. The summed E-state index contributed by atoms with van der Waals surface area (Å²) in [5, 5.41) is 9.13. The predicted octanol–water partition coefficient (Wildman–Crippen LogP) is -0.695. The largest absolute Gasteiger partial charge is 0.508 e. The van der Waals surface area contributed by atoms with Crippen LogP contribution in [-0.2, 0) is 10.1 Å². The van der Waals surface area contributed by atoms with Gasteiger partial charge in [-0.2, -0.15) is 8.42 Å². The summed E-state index contributed by atoms with van der Waals surface area (Å²) in [6.07, 6.45) is 0.715. The average Bonchev–Trinajstić information content (AvgIpc) is 2.25. The summed E-state index contributed by atoms with van der Waals surface area (Å²) in [6.45, 7) is 0.207. The van der Waals surface area contributed by atoms with Gasteiger partial charge < -0.3 is 16.6 Å². The van der Waals surface area contributed by atoms with Crippen LogP contribution < -0.4 is 11.5 Å². The van der Waals surface area contributed by atoms with E-state index in [2.05, 4.69) is 11.8 Å². The van der Waals surface area contributed by atoms with Gasteiger partial charge in [0.1, 0.15) is 5.75 Å². The van der Waals surface area contributed by atoms with Crippen LogP contribution >= 0.6 is 0 Å². The number of phenols is 1. The Balaban J connectivity index is 0.000000555. The Morgan fingerprint density at radius 3 is 2.37 bits per heavy atom. The van der Waals surface area contributed by atoms with Crippen molar-refractivity contribution in [2.45, 2.75) is 0 Å². The highest BCUT2D eigenvalue weighted by Crippen LogP contribution is 2.15. The van der Waals surface area contributed by atoms with Gasteiger partial charge in [0.25, 0.3) is 10.1 Å². The topological polar surface area (TPSA) is 144 Å². The maximum absolute atomic E-state index is 10.9. The quantitative estimate of drug-likeness (QED) is 0.397. The van der Waals surface area contributed by atoms with Crippen LogP contribution in [0, 0.1) is 11.8 Å². The van der Waals surface area contributed by atoms with Crippen molar-refractivity contribution in [1.29, 1.82) is 0 Å². The summed E-state index contributed by atoms with van der Waals surface area (Å²) in [5.41, 5.74) is 11.0. The number of amides is 1. The van der Waals surface area contributed by atoms with Crippen molar-refractivity contribution < 1.29 is 22.9 Å². The van der Waals surface area contributed by atoms with Crippen LogP contribution in [0.5, 0.6) is 5.75 Å². The SMILES string of the molecule is CS(=O)(=O)O.NCC#Cc1ccc(O)cc1C(N)=O. The molecule has 0 aliphatic carbocycles. The molecule has 1 aromatic carbocycles. The molecule has 6 N–H and O–H groups in total. The second-order valence-electron chi connectivity index (χ2n) is 3.33. The Kier molecular flexibility index (Phi) is 6.57. The molecule has 104 valence electrons. The van der Waals surface area contributed by atoms with E-state index in [1.807, 2.05) is 0 Å². The van der Waals surface area contributed by atoms with E-state index in [0.29, 0.717) is 11.8 Å². The van der Waals surface area contributed by atoms with E-state index >= 15 is 0 Å². The van der Waals surface area contributed by atoms with E-state index in [-0.39, 0.29) is 17.9 Å². The molecule has 0 unspecified atom stereocenters. The summed E-state index contributed by atoms with van der Waals surface area (Å²) in [4.78, 5) is 10.9. The maximum Gasteiger partial charge on any atom is 0.261 e. The number of carbonyl (C=O) groups excluding carboxylic acids is 1. The first-order valence-corrected chi connectivity index (χ1v) is 6.74. The number of hydrogen-bond donors (Lipinski definition) is 4. The molecule has 0 fully saturated rings. The highest BCUT2D eigenvalue weighted by molar-refractivity contribution is 7.85. The first kappa shape index (κ1) is 16.9. The highest BCUT2D eigenvalue weighted by atomic mass is 32.2. The van der Waals surface area contributed by atoms with Crippen LogP contribution in [-0.4, -0.2) is 36.8 Å². The Hall–Kier alpha value is -2.08. The second-order valence-corrected chi connectivity index (χ2v) is 4.80. The van der Waals surface area contributed by atoms with Crippen molar-refractivity contribution in [1.82, 2.24) is 0 Å². The van der Waals surface area contributed by atoms with Gasteiger partial charge >= 0.3 is 0 Å². The van der Waals surface area contributed by atoms with E-state index < -0.39 is 16.0 Å². The molecule has 0 bridgehead atoms. The predicted molar refractivity (Wildman–Crippen MR) is 70.0 cm³/mol. The minimum absolute atomic E-state index is 0.0166. The standard InChI is InChI=1S/C10H10N2O2.CH4O3S/c11-5-1-2-7-3-4-8(13)6-9(7)10(12)14;1-5(2,3)4/h3-4,6,13H,5,11H2,(H2,12,14);1H3,(H,2,3,4). The van der Waals surface area contributed by atoms with Gasteiger partial charge in [-0.25, -0.2) is 0 Å². The zero-order valence-electron chi connectivity index (χ0n) is 10.1. The van der Waals surface area contributed by atoms with Crippen molar-refractivity contribution in [2.24, 2.45) is 11.5 Å². The molecule has 0 radical (unpaired) electrons. The summed E-state index contributed by atoms with van der Waals surface area (Å²) in [7, 11) is -3.67. The molecular formula is C11H14N2O5S. The van der Waals surface area contributed by atoms with Gasteiger partial charge in [0.2, 0.25) is 5.91 Å². The Bertz CT molecular complexity index is 606. The Morgan fingerprint density at radius 1 is 1.42 bits per heavy atom. The van der Waals surface area contributed by atoms with Crippen LogP contribution in [0.1, 0.15) is 15.9 Å². The third-order valence-electron chi connectivity index (χ3n) is 1.59. The maximum atomic E-state index is 10.9. The van der Waals surface area contributed by atoms with Gasteiger partial charge in [-0.3, -0.25) is 9.35 Å². The molecule has 19 heavy (non-hydrogen) atoms. The number of phenolic OH excluding ortho intramolecular Hbond substituents is 1. The summed E-state index contributed by atoms with van der Waals surface area (Å²) in [5.74, 6) is 4.66. The van der Waals surface area contributed by atoms with Crippen molar-refractivity contribution >= 4 is 16.0 Å². The van der Waals surface area contributed by atoms with E-state index in [9.17, 15) is 13.2 Å². The Labute approximate surface area is 111 Å². The molecule has 0 atom stereocenters. The lowest BCUT2D eigenvalue weighted by molar-refractivity contribution is 0.0999. The van der Waals surface area contributed by atoms with Gasteiger partial charge in [-0.1, -0.05) is 11.8 Å². The van der Waals surface area contributed by atoms with Crippen molar-refractivity contribution in [3.63, 3.8) is 0 Å². The summed E-state index contributed by atoms with van der Waals surface area (Å²) in [6, 6.07) is 4.24. The number of carbonyl (C=O) groups is 1. The fourth-order valence-electron chi connectivity index (χ4n) is 0.991. The van der Waals surface area contributed by atoms with E-state index in [4.69, 9.17) is 21.1 Å². The van der Waals surface area contributed by atoms with Crippen LogP contribution in [0.15, 0.2) is 18.2 Å². The molecular weight excluding hydrogens is 272 g/mol. The smallest absolute Gasteiger partial charge is 0.261 e. The molecule has 8 heteroatoms. The highest BCUT2D eigenvalue weighted by Gasteiger charge is 2.06. The normalized spacial score (nSPS) is 9.63. The average molecular weight is 286 g/mol. The monoisotopic (exact) mass is 286 g/mol. The lowest BCUT2D eigenvalue weighted by Gasteiger charge is -2.00. The van der Waals surface area contributed by atoms with Crippen LogP contribution in [0.2, 0.25) is 0 Å². The summed E-state index contributed by atoms with van der Waals surface area (Å²) < 4.78 is 25.9. The lowest BCUT2D eigenvalue weighted by Crippen LogP contribution is -2.12. The van der Waals surface area contributed by atoms with Crippen molar-refractivity contribution in [3.05, 3.63) is 29.3 Å². The minimum atomic E-state index is -3.67. The molecule has 1 rings (SSSR count). The zero-order chi connectivity index (χ0) is 15.1. The first-order valence-electron chi connectivity index (χ1n) is 4.89. The van der Waals surface area contributed by atoms with Crippen LogP contribution in [0.3, 0.4) is 0 Å². The number of rotatable bonds is 1. The van der Waals surface area contributed by atoms with E-state index in [0.717, 1.165) is 0 Å². The molecule has 0 spiro atoms. The molecule has 7 nitrogen and oxygen atoms in total. The minimum Gasteiger partial charge on any atom is -0.508 e. The molecule has 1 aromatic rings. The molecule has 0 saturated carbocycles.